The molecular formula is C24H25ClF2N2O. The number of ether oxygens (including phenoxy) is 1. The molecule has 6 heteroatoms. The Labute approximate surface area is 180 Å². The zero-order valence-electron chi connectivity index (χ0n) is 16.9. The van der Waals surface area contributed by atoms with Crippen LogP contribution in [0.3, 0.4) is 0 Å². The van der Waals surface area contributed by atoms with Gasteiger partial charge in [0.1, 0.15) is 17.4 Å². The predicted octanol–water partition coefficient (Wildman–Crippen LogP) is 6.16. The number of aromatic nitrogens is 1. The highest BCUT2D eigenvalue weighted by atomic mass is 35.5. The molecule has 0 amide bonds. The molecular weight excluding hydrogens is 406 g/mol. The molecule has 158 valence electrons. The second-order valence-electron chi connectivity index (χ2n) is 8.12. The Balaban J connectivity index is 1.56. The van der Waals surface area contributed by atoms with Crippen LogP contribution in [0.2, 0.25) is 5.02 Å². The molecule has 2 N–H and O–H groups in total. The van der Waals surface area contributed by atoms with E-state index in [1.165, 1.54) is 12.1 Å². The number of hydrogen-bond donors (Lipinski definition) is 1. The van der Waals surface area contributed by atoms with Gasteiger partial charge in [0.05, 0.1) is 11.1 Å². The van der Waals surface area contributed by atoms with Crippen LogP contribution in [-0.2, 0) is 5.41 Å². The van der Waals surface area contributed by atoms with Crippen molar-refractivity contribution in [3.63, 3.8) is 0 Å². The Bertz CT molecular complexity index is 1030. The number of fused-ring (bicyclic) bond motifs is 1. The SMILES string of the molecule is CC[C@H](N)[C@]1(c2cc(F)cc(F)c2)CC[C@H](Oc2ccc3cnccc3c2Cl)CC1. The molecule has 0 bridgehead atoms. The van der Waals surface area contributed by atoms with Crippen LogP contribution in [0.1, 0.15) is 44.6 Å². The lowest BCUT2D eigenvalue weighted by molar-refractivity contribution is 0.103. The van der Waals surface area contributed by atoms with E-state index in [1.807, 2.05) is 25.1 Å². The Morgan fingerprint density at radius 3 is 2.53 bits per heavy atom. The largest absolute Gasteiger partial charge is 0.489 e. The number of rotatable bonds is 5. The summed E-state index contributed by atoms with van der Waals surface area (Å²) in [6, 6.07) is 9.25. The first kappa shape index (κ1) is 21.0. The minimum atomic E-state index is -0.566. The third kappa shape index (κ3) is 3.88. The molecule has 2 aromatic carbocycles. The Kier molecular flexibility index (Phi) is 5.94. The van der Waals surface area contributed by atoms with Crippen LogP contribution in [0, 0.1) is 11.6 Å². The number of nitrogens with two attached hydrogens (primary N) is 1. The standard InChI is InChI=1S/C24H25ClF2N2O/c1-2-22(28)24(16-11-17(26)13-18(27)12-16)8-5-19(6-9-24)30-21-4-3-15-14-29-10-7-20(15)23(21)25/h3-4,7,10-14,19,22H,2,5-6,8-9,28H2,1H3/t19-,22-,24+/m0/s1. The molecule has 0 radical (unpaired) electrons. The number of nitrogens with zero attached hydrogens (tertiary/aromatic N) is 1. The zero-order valence-corrected chi connectivity index (χ0v) is 17.6. The fourth-order valence-electron chi connectivity index (χ4n) is 4.71. The lowest BCUT2D eigenvalue weighted by Gasteiger charge is -2.44. The third-order valence-electron chi connectivity index (χ3n) is 6.42. The molecule has 1 aliphatic carbocycles. The van der Waals surface area contributed by atoms with Crippen LogP contribution in [0.15, 0.2) is 48.8 Å². The second kappa shape index (κ2) is 8.48. The number of halogens is 3. The molecule has 1 aromatic heterocycles. The van der Waals surface area contributed by atoms with Crippen LogP contribution in [-0.4, -0.2) is 17.1 Å². The van der Waals surface area contributed by atoms with Gasteiger partial charge in [-0.1, -0.05) is 18.5 Å². The van der Waals surface area contributed by atoms with Crippen LogP contribution in [0.4, 0.5) is 8.78 Å². The molecule has 1 heterocycles. The maximum Gasteiger partial charge on any atom is 0.138 e. The van der Waals surface area contributed by atoms with E-state index in [-0.39, 0.29) is 12.1 Å². The average molecular weight is 431 g/mol. The van der Waals surface area contributed by atoms with E-state index in [0.29, 0.717) is 29.2 Å². The van der Waals surface area contributed by atoms with Gasteiger partial charge in [0.2, 0.25) is 0 Å². The van der Waals surface area contributed by atoms with E-state index < -0.39 is 17.0 Å². The quantitative estimate of drug-likeness (QED) is 0.527. The van der Waals surface area contributed by atoms with Gasteiger partial charge in [0.15, 0.2) is 0 Å². The maximum atomic E-state index is 13.9. The lowest BCUT2D eigenvalue weighted by Crippen LogP contribution is -2.49. The average Bonchev–Trinajstić information content (AvgIpc) is 2.75. The summed E-state index contributed by atoms with van der Waals surface area (Å²) in [4.78, 5) is 4.12. The molecule has 3 nitrogen and oxygen atoms in total. The van der Waals surface area contributed by atoms with Crippen molar-refractivity contribution in [2.45, 2.75) is 56.6 Å². The first-order valence-electron chi connectivity index (χ1n) is 10.3. The highest BCUT2D eigenvalue weighted by Crippen LogP contribution is 2.44. The van der Waals surface area contributed by atoms with E-state index in [1.54, 1.807) is 12.4 Å². The molecule has 0 aliphatic heterocycles. The van der Waals surface area contributed by atoms with Gasteiger partial charge in [-0.05, 0) is 68.0 Å². The van der Waals surface area contributed by atoms with Crippen LogP contribution >= 0.6 is 11.6 Å². The third-order valence-corrected chi connectivity index (χ3v) is 6.81. The van der Waals surface area contributed by atoms with Crippen molar-refractivity contribution in [1.29, 1.82) is 0 Å². The summed E-state index contributed by atoms with van der Waals surface area (Å²) in [5.74, 6) is -0.489. The molecule has 1 aliphatic rings. The Hall–Kier alpha value is -2.24. The molecule has 3 aromatic rings. The van der Waals surface area contributed by atoms with Gasteiger partial charge in [-0.25, -0.2) is 8.78 Å². The van der Waals surface area contributed by atoms with Crippen molar-refractivity contribution in [3.05, 3.63) is 71.0 Å². The van der Waals surface area contributed by atoms with Crippen LogP contribution < -0.4 is 10.5 Å². The second-order valence-corrected chi connectivity index (χ2v) is 8.50. The van der Waals surface area contributed by atoms with Crippen LogP contribution in [0.5, 0.6) is 5.75 Å². The van der Waals surface area contributed by atoms with Crippen molar-refractivity contribution in [3.8, 4) is 5.75 Å². The molecule has 0 saturated heterocycles. The normalized spacial score (nSPS) is 22.8. The summed E-state index contributed by atoms with van der Waals surface area (Å²) in [5, 5.41) is 2.43. The summed E-state index contributed by atoms with van der Waals surface area (Å²) in [6.07, 6.45) is 7.04. The van der Waals surface area contributed by atoms with Gasteiger partial charge < -0.3 is 10.5 Å². The van der Waals surface area contributed by atoms with Gasteiger partial charge in [0.25, 0.3) is 0 Å². The summed E-state index contributed by atoms with van der Waals surface area (Å²) in [7, 11) is 0. The van der Waals surface area contributed by atoms with Gasteiger partial charge in [0, 0.05) is 40.7 Å². The molecule has 1 saturated carbocycles. The van der Waals surface area contributed by atoms with E-state index in [4.69, 9.17) is 22.1 Å². The highest BCUT2D eigenvalue weighted by Gasteiger charge is 2.42. The monoisotopic (exact) mass is 430 g/mol. The van der Waals surface area contributed by atoms with Gasteiger partial charge in [-0.2, -0.15) is 0 Å². The first-order chi connectivity index (χ1) is 14.4. The highest BCUT2D eigenvalue weighted by molar-refractivity contribution is 6.37. The van der Waals surface area contributed by atoms with Crippen molar-refractivity contribution in [2.75, 3.05) is 0 Å². The van der Waals surface area contributed by atoms with Crippen LogP contribution in [0.25, 0.3) is 10.8 Å². The Morgan fingerprint density at radius 1 is 1.17 bits per heavy atom. The fourth-order valence-corrected chi connectivity index (χ4v) is 4.99. The first-order valence-corrected chi connectivity index (χ1v) is 10.7. The molecule has 1 atom stereocenters. The summed E-state index contributed by atoms with van der Waals surface area (Å²) >= 11 is 6.56. The minimum absolute atomic E-state index is 0.0302. The molecule has 0 spiro atoms. The minimum Gasteiger partial charge on any atom is -0.489 e. The molecule has 0 unspecified atom stereocenters. The number of hydrogen-bond acceptors (Lipinski definition) is 3. The van der Waals surface area contributed by atoms with Crippen molar-refractivity contribution >= 4 is 22.4 Å². The predicted molar refractivity (Wildman–Crippen MR) is 116 cm³/mol. The molecule has 4 rings (SSSR count). The van der Waals surface area contributed by atoms with Gasteiger partial charge >= 0.3 is 0 Å². The van der Waals surface area contributed by atoms with Crippen molar-refractivity contribution in [2.24, 2.45) is 5.73 Å². The number of benzene rings is 2. The van der Waals surface area contributed by atoms with E-state index in [9.17, 15) is 8.78 Å². The van der Waals surface area contributed by atoms with E-state index in [2.05, 4.69) is 4.98 Å². The lowest BCUT2D eigenvalue weighted by atomic mass is 9.64. The van der Waals surface area contributed by atoms with Crippen molar-refractivity contribution < 1.29 is 13.5 Å². The number of pyridine rings is 1. The summed E-state index contributed by atoms with van der Waals surface area (Å²) in [5.41, 5.74) is 6.67. The smallest absolute Gasteiger partial charge is 0.138 e. The van der Waals surface area contributed by atoms with E-state index >= 15 is 0 Å². The van der Waals surface area contributed by atoms with E-state index in [0.717, 1.165) is 36.1 Å². The topological polar surface area (TPSA) is 48.1 Å². The fraction of sp³-hybridized carbons (Fsp3) is 0.375. The van der Waals surface area contributed by atoms with Gasteiger partial charge in [-0.15, -0.1) is 0 Å². The summed E-state index contributed by atoms with van der Waals surface area (Å²) in [6.45, 7) is 2.01. The summed E-state index contributed by atoms with van der Waals surface area (Å²) < 4.78 is 34.1. The molecule has 1 fully saturated rings. The van der Waals surface area contributed by atoms with Crippen molar-refractivity contribution in [1.82, 2.24) is 4.98 Å². The molecule has 30 heavy (non-hydrogen) atoms. The zero-order chi connectivity index (χ0) is 21.3. The Morgan fingerprint density at radius 2 is 1.87 bits per heavy atom. The maximum absolute atomic E-state index is 13.9. The van der Waals surface area contributed by atoms with Gasteiger partial charge in [-0.3, -0.25) is 4.98 Å².